The Morgan fingerprint density at radius 2 is 2.00 bits per heavy atom. The summed E-state index contributed by atoms with van der Waals surface area (Å²) in [6.07, 6.45) is 0. The highest BCUT2D eigenvalue weighted by Crippen LogP contribution is 2.23. The Hall–Kier alpha value is -1.46. The lowest BCUT2D eigenvalue weighted by molar-refractivity contribution is -0.385. The summed E-state index contributed by atoms with van der Waals surface area (Å²) in [5, 5.41) is 23.5. The van der Waals surface area contributed by atoms with E-state index in [9.17, 15) is 15.2 Å². The van der Waals surface area contributed by atoms with Gasteiger partial charge < -0.3 is 10.4 Å². The summed E-state index contributed by atoms with van der Waals surface area (Å²) in [6.45, 7) is 7.77. The number of rotatable bonds is 6. The molecule has 0 aliphatic carbocycles. The summed E-state index contributed by atoms with van der Waals surface area (Å²) in [4.78, 5) is 10.6. The lowest BCUT2D eigenvalue weighted by Gasteiger charge is -2.25. The third-order valence-corrected chi connectivity index (χ3v) is 3.40. The fourth-order valence-electron chi connectivity index (χ4n) is 1.97. The number of benzene rings is 1. The lowest BCUT2D eigenvalue weighted by Crippen LogP contribution is -2.38. The van der Waals surface area contributed by atoms with Gasteiger partial charge in [-0.1, -0.05) is 26.0 Å². The molecule has 0 fully saturated rings. The Kier molecular flexibility index (Phi) is 5.44. The third-order valence-electron chi connectivity index (χ3n) is 3.40. The standard InChI is InChI=1S/C14H22N2O3/c1-9(2)13(8-17)15-11(4)12-6-5-10(3)14(7-12)16(18)19/h5-7,9,11,13,15,17H,8H2,1-4H3/t11?,13-/m1/s1. The SMILES string of the molecule is Cc1ccc(C(C)N[C@H](CO)C(C)C)cc1[N+](=O)[O-]. The highest BCUT2D eigenvalue weighted by Gasteiger charge is 2.18. The molecule has 0 saturated carbocycles. The minimum Gasteiger partial charge on any atom is -0.395 e. The maximum Gasteiger partial charge on any atom is 0.272 e. The van der Waals surface area contributed by atoms with Crippen LogP contribution >= 0.6 is 0 Å². The second-order valence-electron chi connectivity index (χ2n) is 5.22. The van der Waals surface area contributed by atoms with Crippen molar-refractivity contribution in [3.63, 3.8) is 0 Å². The number of aryl methyl sites for hydroxylation is 1. The Labute approximate surface area is 113 Å². The summed E-state index contributed by atoms with van der Waals surface area (Å²) in [5.74, 6) is 0.299. The summed E-state index contributed by atoms with van der Waals surface area (Å²) in [5.41, 5.74) is 1.65. The monoisotopic (exact) mass is 266 g/mol. The van der Waals surface area contributed by atoms with E-state index in [1.165, 1.54) is 0 Å². The van der Waals surface area contributed by atoms with E-state index in [1.807, 2.05) is 26.8 Å². The predicted octanol–water partition coefficient (Wildman–Crippen LogP) is 2.57. The molecule has 5 heteroatoms. The van der Waals surface area contributed by atoms with E-state index in [4.69, 9.17) is 0 Å². The Balaban J connectivity index is 2.91. The van der Waals surface area contributed by atoms with Crippen LogP contribution in [-0.2, 0) is 0 Å². The van der Waals surface area contributed by atoms with E-state index >= 15 is 0 Å². The van der Waals surface area contributed by atoms with Crippen LogP contribution in [0.25, 0.3) is 0 Å². The molecule has 19 heavy (non-hydrogen) atoms. The average Bonchev–Trinajstić information content (AvgIpc) is 2.35. The van der Waals surface area contributed by atoms with Gasteiger partial charge in [0.15, 0.2) is 0 Å². The van der Waals surface area contributed by atoms with E-state index < -0.39 is 0 Å². The first-order valence-electron chi connectivity index (χ1n) is 6.48. The maximum atomic E-state index is 10.9. The van der Waals surface area contributed by atoms with Crippen LogP contribution in [0.15, 0.2) is 18.2 Å². The van der Waals surface area contributed by atoms with Gasteiger partial charge in [0.2, 0.25) is 0 Å². The largest absolute Gasteiger partial charge is 0.395 e. The zero-order valence-corrected chi connectivity index (χ0v) is 11.9. The number of nitrogens with zero attached hydrogens (tertiary/aromatic N) is 1. The molecule has 0 amide bonds. The highest BCUT2D eigenvalue weighted by atomic mass is 16.6. The lowest BCUT2D eigenvalue weighted by atomic mass is 10.0. The van der Waals surface area contributed by atoms with Crippen LogP contribution in [0.4, 0.5) is 5.69 Å². The third kappa shape index (κ3) is 4.01. The number of aliphatic hydroxyl groups is 1. The van der Waals surface area contributed by atoms with Crippen LogP contribution in [0.2, 0.25) is 0 Å². The molecule has 0 radical (unpaired) electrons. The van der Waals surface area contributed by atoms with Crippen molar-refractivity contribution in [2.24, 2.45) is 5.92 Å². The Bertz CT molecular complexity index is 446. The van der Waals surface area contributed by atoms with Gasteiger partial charge >= 0.3 is 0 Å². The van der Waals surface area contributed by atoms with Crippen LogP contribution in [-0.4, -0.2) is 22.7 Å². The molecular weight excluding hydrogens is 244 g/mol. The second kappa shape index (κ2) is 6.63. The molecular formula is C14H22N2O3. The van der Waals surface area contributed by atoms with Crippen molar-refractivity contribution >= 4 is 5.69 Å². The summed E-state index contributed by atoms with van der Waals surface area (Å²) in [6, 6.07) is 5.18. The van der Waals surface area contributed by atoms with Gasteiger partial charge in [0.1, 0.15) is 0 Å². The van der Waals surface area contributed by atoms with Crippen LogP contribution < -0.4 is 5.32 Å². The summed E-state index contributed by atoms with van der Waals surface area (Å²) < 4.78 is 0. The van der Waals surface area contributed by atoms with E-state index in [1.54, 1.807) is 19.1 Å². The average molecular weight is 266 g/mol. The molecule has 106 valence electrons. The van der Waals surface area contributed by atoms with Gasteiger partial charge in [0.05, 0.1) is 11.5 Å². The van der Waals surface area contributed by atoms with Gasteiger partial charge in [-0.05, 0) is 25.3 Å². The molecule has 1 aromatic carbocycles. The Morgan fingerprint density at radius 3 is 2.47 bits per heavy atom. The molecule has 0 aliphatic rings. The molecule has 0 aliphatic heterocycles. The minimum absolute atomic E-state index is 0.0182. The van der Waals surface area contributed by atoms with Crippen LogP contribution in [0, 0.1) is 23.0 Å². The number of nitrogens with one attached hydrogen (secondary N) is 1. The van der Waals surface area contributed by atoms with Crippen molar-refractivity contribution in [3.8, 4) is 0 Å². The molecule has 2 N–H and O–H groups in total. The maximum absolute atomic E-state index is 10.9. The molecule has 0 spiro atoms. The van der Waals surface area contributed by atoms with Crippen LogP contribution in [0.5, 0.6) is 0 Å². The molecule has 0 saturated heterocycles. The molecule has 0 heterocycles. The van der Waals surface area contributed by atoms with Gasteiger partial charge in [0, 0.05) is 23.7 Å². The fraction of sp³-hybridized carbons (Fsp3) is 0.571. The molecule has 1 rings (SSSR count). The van der Waals surface area contributed by atoms with Gasteiger partial charge in [-0.15, -0.1) is 0 Å². The summed E-state index contributed by atoms with van der Waals surface area (Å²) >= 11 is 0. The Morgan fingerprint density at radius 1 is 1.37 bits per heavy atom. The first-order valence-corrected chi connectivity index (χ1v) is 6.48. The quantitative estimate of drug-likeness (QED) is 0.613. The number of hydrogen-bond acceptors (Lipinski definition) is 4. The molecule has 1 aromatic rings. The predicted molar refractivity (Wildman–Crippen MR) is 75.1 cm³/mol. The van der Waals surface area contributed by atoms with Gasteiger partial charge in [0.25, 0.3) is 5.69 Å². The van der Waals surface area contributed by atoms with Crippen molar-refractivity contribution in [2.45, 2.75) is 39.8 Å². The van der Waals surface area contributed by atoms with Crippen molar-refractivity contribution in [2.75, 3.05) is 6.61 Å². The van der Waals surface area contributed by atoms with Gasteiger partial charge in [-0.3, -0.25) is 10.1 Å². The first-order chi connectivity index (χ1) is 8.86. The summed E-state index contributed by atoms with van der Waals surface area (Å²) in [7, 11) is 0. The highest BCUT2D eigenvalue weighted by molar-refractivity contribution is 5.43. The van der Waals surface area contributed by atoms with Crippen molar-refractivity contribution < 1.29 is 10.0 Å². The second-order valence-corrected chi connectivity index (χ2v) is 5.22. The van der Waals surface area contributed by atoms with Crippen LogP contribution in [0.1, 0.15) is 37.9 Å². The zero-order chi connectivity index (χ0) is 14.6. The smallest absolute Gasteiger partial charge is 0.272 e. The van der Waals surface area contributed by atoms with Gasteiger partial charge in [-0.2, -0.15) is 0 Å². The minimum atomic E-state index is -0.364. The number of nitro groups is 1. The molecule has 1 unspecified atom stereocenters. The number of nitro benzene ring substituents is 1. The van der Waals surface area contributed by atoms with E-state index in [0.29, 0.717) is 11.5 Å². The molecule has 0 aromatic heterocycles. The van der Waals surface area contributed by atoms with Crippen molar-refractivity contribution in [1.29, 1.82) is 0 Å². The number of hydrogen-bond donors (Lipinski definition) is 2. The first kappa shape index (κ1) is 15.6. The number of aliphatic hydroxyl groups excluding tert-OH is 1. The van der Waals surface area contributed by atoms with E-state index in [2.05, 4.69) is 5.32 Å². The molecule has 0 bridgehead atoms. The van der Waals surface area contributed by atoms with Crippen molar-refractivity contribution in [1.82, 2.24) is 5.32 Å². The van der Waals surface area contributed by atoms with E-state index in [0.717, 1.165) is 5.56 Å². The van der Waals surface area contributed by atoms with Crippen LogP contribution in [0.3, 0.4) is 0 Å². The molecule has 2 atom stereocenters. The van der Waals surface area contributed by atoms with Gasteiger partial charge in [-0.25, -0.2) is 0 Å². The van der Waals surface area contributed by atoms with Crippen molar-refractivity contribution in [3.05, 3.63) is 39.4 Å². The zero-order valence-electron chi connectivity index (χ0n) is 11.9. The topological polar surface area (TPSA) is 75.4 Å². The van der Waals surface area contributed by atoms with E-state index in [-0.39, 0.29) is 29.3 Å². The normalized spacial score (nSPS) is 14.4. The molecule has 5 nitrogen and oxygen atoms in total. The fourth-order valence-corrected chi connectivity index (χ4v) is 1.97.